The molecule has 1 heterocycles. The topological polar surface area (TPSA) is 27.7 Å². The molecule has 0 bridgehead atoms. The molecule has 1 aliphatic rings. The van der Waals surface area contributed by atoms with Crippen molar-refractivity contribution in [2.75, 3.05) is 14.2 Å². The molecule has 0 unspecified atom stereocenters. The van der Waals surface area contributed by atoms with E-state index in [1.54, 1.807) is 14.2 Å². The van der Waals surface area contributed by atoms with Crippen LogP contribution in [0.5, 0.6) is 11.5 Å². The molecular formula is C29H26O3. The van der Waals surface area contributed by atoms with Crippen molar-refractivity contribution in [2.45, 2.75) is 13.8 Å². The lowest BCUT2D eigenvalue weighted by Crippen LogP contribution is -2.14. The Balaban J connectivity index is 1.80. The summed E-state index contributed by atoms with van der Waals surface area (Å²) in [6.45, 7) is 4.19. The Morgan fingerprint density at radius 2 is 1.12 bits per heavy atom. The highest BCUT2D eigenvalue weighted by atomic mass is 16.5. The van der Waals surface area contributed by atoms with Gasteiger partial charge in [-0.2, -0.15) is 0 Å². The van der Waals surface area contributed by atoms with Crippen LogP contribution in [-0.4, -0.2) is 14.2 Å². The van der Waals surface area contributed by atoms with Crippen LogP contribution < -0.4 is 9.47 Å². The summed E-state index contributed by atoms with van der Waals surface area (Å²) < 4.78 is 17.2. The maximum Gasteiger partial charge on any atom is 0.135 e. The number of rotatable bonds is 4. The van der Waals surface area contributed by atoms with E-state index in [1.807, 2.05) is 78.9 Å². The fourth-order valence-corrected chi connectivity index (χ4v) is 3.80. The van der Waals surface area contributed by atoms with Crippen LogP contribution in [-0.2, 0) is 4.74 Å². The predicted octanol–water partition coefficient (Wildman–Crippen LogP) is 6.56. The van der Waals surface area contributed by atoms with Crippen molar-refractivity contribution < 1.29 is 14.2 Å². The number of allylic oxidation sites excluding steroid dienone is 2. The van der Waals surface area contributed by atoms with Crippen molar-refractivity contribution >= 4 is 11.5 Å². The van der Waals surface area contributed by atoms with Crippen molar-refractivity contribution in [3.05, 3.63) is 107 Å². The second kappa shape index (κ2) is 9.49. The number of hydrogen-bond donors (Lipinski definition) is 0. The molecule has 4 rings (SSSR count). The Hall–Kier alpha value is -3.90. The van der Waals surface area contributed by atoms with Gasteiger partial charge < -0.3 is 14.2 Å². The van der Waals surface area contributed by atoms with Crippen molar-refractivity contribution in [1.82, 2.24) is 0 Å². The largest absolute Gasteiger partial charge is 0.497 e. The fraction of sp³-hybridized carbons (Fsp3) is 0.172. The highest BCUT2D eigenvalue weighted by Crippen LogP contribution is 2.41. The highest BCUT2D eigenvalue weighted by molar-refractivity contribution is 5.78. The quantitative estimate of drug-likeness (QED) is 0.445. The van der Waals surface area contributed by atoms with E-state index in [0.717, 1.165) is 50.9 Å². The minimum Gasteiger partial charge on any atom is -0.497 e. The summed E-state index contributed by atoms with van der Waals surface area (Å²) >= 11 is 0. The van der Waals surface area contributed by atoms with Gasteiger partial charge in [-0.1, -0.05) is 30.0 Å². The minimum atomic E-state index is -0.0573. The van der Waals surface area contributed by atoms with Crippen LogP contribution in [0.15, 0.2) is 90.0 Å². The van der Waals surface area contributed by atoms with Crippen LogP contribution >= 0.6 is 0 Å². The second-order valence-electron chi connectivity index (χ2n) is 7.65. The summed E-state index contributed by atoms with van der Waals surface area (Å²) in [6, 6.07) is 25.9. The van der Waals surface area contributed by atoms with Gasteiger partial charge in [0.2, 0.25) is 0 Å². The van der Waals surface area contributed by atoms with E-state index >= 15 is 0 Å². The SMILES string of the molecule is COc1ccc(C2=C(C)C(C#Cc3ccccc3)C(C)=C(c3ccc(OC)cc3)O2)cc1. The Kier molecular flexibility index (Phi) is 6.33. The Morgan fingerprint density at radius 1 is 0.656 bits per heavy atom. The highest BCUT2D eigenvalue weighted by Gasteiger charge is 2.27. The molecule has 0 spiro atoms. The lowest BCUT2D eigenvalue weighted by molar-refractivity contribution is 0.414. The summed E-state index contributed by atoms with van der Waals surface area (Å²) in [5, 5.41) is 0. The third-order valence-electron chi connectivity index (χ3n) is 5.63. The first-order chi connectivity index (χ1) is 15.6. The molecule has 0 fully saturated rings. The molecule has 0 saturated heterocycles. The summed E-state index contributed by atoms with van der Waals surface area (Å²) in [4.78, 5) is 0. The molecular weight excluding hydrogens is 396 g/mol. The van der Waals surface area contributed by atoms with Gasteiger partial charge in [0.05, 0.1) is 20.1 Å². The smallest absolute Gasteiger partial charge is 0.135 e. The average Bonchev–Trinajstić information content (AvgIpc) is 2.85. The van der Waals surface area contributed by atoms with E-state index in [9.17, 15) is 0 Å². The molecule has 3 aromatic rings. The Labute approximate surface area is 190 Å². The minimum absolute atomic E-state index is 0.0573. The molecule has 3 nitrogen and oxygen atoms in total. The standard InChI is InChI=1S/C29H26O3/c1-20-27(19-10-22-8-6-5-7-9-22)21(2)29(24-13-17-26(31-4)18-14-24)32-28(20)23-11-15-25(30-3)16-12-23/h5-9,11-18,27H,1-4H3. The van der Waals surface area contributed by atoms with Gasteiger partial charge >= 0.3 is 0 Å². The summed E-state index contributed by atoms with van der Waals surface area (Å²) in [5.41, 5.74) is 5.17. The zero-order chi connectivity index (χ0) is 22.5. The molecule has 0 N–H and O–H groups in total. The molecule has 160 valence electrons. The van der Waals surface area contributed by atoms with Gasteiger partial charge in [-0.15, -0.1) is 0 Å². The summed E-state index contributed by atoms with van der Waals surface area (Å²) in [6.07, 6.45) is 0. The lowest BCUT2D eigenvalue weighted by atomic mass is 9.86. The summed E-state index contributed by atoms with van der Waals surface area (Å²) in [7, 11) is 3.33. The predicted molar refractivity (Wildman–Crippen MR) is 129 cm³/mol. The first-order valence-electron chi connectivity index (χ1n) is 10.6. The molecule has 0 aromatic heterocycles. The van der Waals surface area contributed by atoms with Crippen LogP contribution in [0.2, 0.25) is 0 Å². The van der Waals surface area contributed by atoms with Crippen molar-refractivity contribution in [1.29, 1.82) is 0 Å². The van der Waals surface area contributed by atoms with E-state index in [1.165, 1.54) is 0 Å². The maximum atomic E-state index is 6.52. The maximum absolute atomic E-state index is 6.52. The first-order valence-corrected chi connectivity index (χ1v) is 10.6. The van der Waals surface area contributed by atoms with Gasteiger partial charge in [0, 0.05) is 16.7 Å². The third-order valence-corrected chi connectivity index (χ3v) is 5.63. The zero-order valence-electron chi connectivity index (χ0n) is 18.8. The lowest BCUT2D eigenvalue weighted by Gasteiger charge is -2.28. The molecule has 0 aliphatic carbocycles. The van der Waals surface area contributed by atoms with Gasteiger partial charge in [0.1, 0.15) is 23.0 Å². The number of ether oxygens (including phenoxy) is 3. The van der Waals surface area contributed by atoms with Gasteiger partial charge in [-0.3, -0.25) is 0 Å². The van der Waals surface area contributed by atoms with Gasteiger partial charge in [-0.25, -0.2) is 0 Å². The van der Waals surface area contributed by atoms with Crippen LogP contribution in [0.4, 0.5) is 0 Å². The molecule has 0 atom stereocenters. The first kappa shape index (κ1) is 21.3. The summed E-state index contributed by atoms with van der Waals surface area (Å²) in [5.74, 6) is 10.1. The van der Waals surface area contributed by atoms with E-state index < -0.39 is 0 Å². The monoisotopic (exact) mass is 422 g/mol. The van der Waals surface area contributed by atoms with Crippen LogP contribution in [0, 0.1) is 17.8 Å². The van der Waals surface area contributed by atoms with Crippen molar-refractivity contribution in [3.63, 3.8) is 0 Å². The van der Waals surface area contributed by atoms with Gasteiger partial charge in [-0.05, 0) is 85.7 Å². The van der Waals surface area contributed by atoms with Crippen LogP contribution in [0.1, 0.15) is 30.5 Å². The van der Waals surface area contributed by atoms with Crippen LogP contribution in [0.25, 0.3) is 11.5 Å². The van der Waals surface area contributed by atoms with Crippen molar-refractivity contribution in [2.24, 2.45) is 5.92 Å². The Morgan fingerprint density at radius 3 is 1.56 bits per heavy atom. The molecule has 0 saturated carbocycles. The normalized spacial score (nSPS) is 13.9. The molecule has 32 heavy (non-hydrogen) atoms. The van der Waals surface area contributed by atoms with Crippen molar-refractivity contribution in [3.8, 4) is 23.3 Å². The molecule has 0 amide bonds. The molecule has 3 aromatic carbocycles. The zero-order valence-corrected chi connectivity index (χ0v) is 18.8. The Bertz CT molecular complexity index is 1140. The number of methoxy groups -OCH3 is 2. The van der Waals surface area contributed by atoms with Crippen LogP contribution in [0.3, 0.4) is 0 Å². The van der Waals surface area contributed by atoms with E-state index in [-0.39, 0.29) is 5.92 Å². The fourth-order valence-electron chi connectivity index (χ4n) is 3.80. The molecule has 0 radical (unpaired) electrons. The number of hydrogen-bond acceptors (Lipinski definition) is 3. The van der Waals surface area contributed by atoms with E-state index in [0.29, 0.717) is 0 Å². The number of benzene rings is 3. The van der Waals surface area contributed by atoms with Gasteiger partial charge in [0.15, 0.2) is 0 Å². The molecule has 1 aliphatic heterocycles. The van der Waals surface area contributed by atoms with E-state index in [2.05, 4.69) is 25.7 Å². The third kappa shape index (κ3) is 4.40. The average molecular weight is 423 g/mol. The molecule has 3 heteroatoms. The second-order valence-corrected chi connectivity index (χ2v) is 7.65. The van der Waals surface area contributed by atoms with E-state index in [4.69, 9.17) is 14.2 Å². The van der Waals surface area contributed by atoms with Gasteiger partial charge in [0.25, 0.3) is 0 Å².